The van der Waals surface area contributed by atoms with Gasteiger partial charge in [-0.1, -0.05) is 48.5 Å². The predicted octanol–water partition coefficient (Wildman–Crippen LogP) is 7.29. The molecular weight excluding hydrogens is 554 g/mol. The van der Waals surface area contributed by atoms with Crippen molar-refractivity contribution in [1.29, 1.82) is 0 Å². The van der Waals surface area contributed by atoms with Crippen LogP contribution in [0.15, 0.2) is 93.2 Å². The van der Waals surface area contributed by atoms with Crippen molar-refractivity contribution in [1.82, 2.24) is 5.32 Å². The molecule has 4 aromatic rings. The molecule has 0 unspecified atom stereocenters. The van der Waals surface area contributed by atoms with Crippen molar-refractivity contribution in [2.24, 2.45) is 4.99 Å². The normalized spacial score (nSPS) is 15.4. The Morgan fingerprint density at radius 2 is 1.89 bits per heavy atom. The molecule has 1 amide bonds. The Labute approximate surface area is 225 Å². The van der Waals surface area contributed by atoms with Crippen LogP contribution >= 0.6 is 27.7 Å². The smallest absolute Gasteiger partial charge is 0.269 e. The maximum Gasteiger partial charge on any atom is 0.269 e. The van der Waals surface area contributed by atoms with Gasteiger partial charge in [0.25, 0.3) is 11.6 Å². The van der Waals surface area contributed by atoms with Crippen LogP contribution in [0.25, 0.3) is 16.8 Å². The third kappa shape index (κ3) is 5.58. The summed E-state index contributed by atoms with van der Waals surface area (Å²) in [5.41, 5.74) is 3.14. The first-order valence-electron chi connectivity index (χ1n) is 11.3. The number of nitrogens with zero attached hydrogens (tertiary/aromatic N) is 2. The lowest BCUT2D eigenvalue weighted by atomic mass is 10.1. The van der Waals surface area contributed by atoms with Crippen LogP contribution in [0.2, 0.25) is 0 Å². The molecule has 37 heavy (non-hydrogen) atoms. The number of amides is 1. The molecule has 0 atom stereocenters. The zero-order chi connectivity index (χ0) is 25.9. The molecule has 0 saturated carbocycles. The van der Waals surface area contributed by atoms with Crippen LogP contribution in [0, 0.1) is 17.0 Å². The van der Waals surface area contributed by atoms with Gasteiger partial charge in [-0.25, -0.2) is 4.99 Å². The van der Waals surface area contributed by atoms with E-state index in [4.69, 9.17) is 4.74 Å². The molecule has 1 saturated heterocycles. The first-order valence-corrected chi connectivity index (χ1v) is 12.9. The van der Waals surface area contributed by atoms with Gasteiger partial charge in [-0.05, 0) is 86.4 Å². The molecule has 4 aromatic carbocycles. The fourth-order valence-electron chi connectivity index (χ4n) is 3.92. The summed E-state index contributed by atoms with van der Waals surface area (Å²) < 4.78 is 6.86. The number of amidine groups is 1. The van der Waals surface area contributed by atoms with Gasteiger partial charge in [0.15, 0.2) is 5.17 Å². The highest BCUT2D eigenvalue weighted by Gasteiger charge is 2.24. The van der Waals surface area contributed by atoms with Crippen molar-refractivity contribution in [3.05, 3.63) is 115 Å². The van der Waals surface area contributed by atoms with E-state index in [2.05, 4.69) is 50.5 Å². The van der Waals surface area contributed by atoms with Gasteiger partial charge in [0.1, 0.15) is 12.4 Å². The van der Waals surface area contributed by atoms with Crippen LogP contribution in [0.5, 0.6) is 5.75 Å². The Balaban J connectivity index is 1.30. The number of halogens is 1. The van der Waals surface area contributed by atoms with E-state index in [1.54, 1.807) is 19.1 Å². The molecule has 0 spiro atoms. The highest BCUT2D eigenvalue weighted by Crippen LogP contribution is 2.33. The van der Waals surface area contributed by atoms with Gasteiger partial charge in [0, 0.05) is 12.1 Å². The second-order valence-electron chi connectivity index (χ2n) is 8.33. The summed E-state index contributed by atoms with van der Waals surface area (Å²) in [6, 6.07) is 24.4. The van der Waals surface area contributed by atoms with Crippen LogP contribution in [0.1, 0.15) is 16.7 Å². The highest BCUT2D eigenvalue weighted by atomic mass is 79.9. The van der Waals surface area contributed by atoms with E-state index in [9.17, 15) is 14.9 Å². The van der Waals surface area contributed by atoms with E-state index < -0.39 is 4.92 Å². The van der Waals surface area contributed by atoms with Crippen molar-refractivity contribution >= 4 is 67.0 Å². The summed E-state index contributed by atoms with van der Waals surface area (Å²) in [7, 11) is 0. The molecule has 9 heteroatoms. The molecule has 1 aliphatic heterocycles. The Morgan fingerprint density at radius 1 is 1.08 bits per heavy atom. The lowest BCUT2D eigenvalue weighted by Crippen LogP contribution is -2.19. The summed E-state index contributed by atoms with van der Waals surface area (Å²) in [6.07, 6.45) is 1.78. The Morgan fingerprint density at radius 3 is 2.68 bits per heavy atom. The molecular formula is C28H20BrN3O4S. The van der Waals surface area contributed by atoms with Crippen LogP contribution in [0.4, 0.5) is 11.4 Å². The third-order valence-corrected chi connectivity index (χ3v) is 7.31. The SMILES string of the molecule is Cc1cc([N+](=O)[O-])ccc1N=C1NC(=O)/C(=C\c2ccc(OCc3cccc4ccccc34)c(Br)c2)S1. The van der Waals surface area contributed by atoms with Crippen molar-refractivity contribution in [3.8, 4) is 5.75 Å². The summed E-state index contributed by atoms with van der Waals surface area (Å²) in [4.78, 5) is 28.0. The Kier molecular flexibility index (Phi) is 7.07. The zero-order valence-electron chi connectivity index (χ0n) is 19.6. The zero-order valence-corrected chi connectivity index (χ0v) is 22.0. The average Bonchev–Trinajstić information content (AvgIpc) is 3.22. The second kappa shape index (κ2) is 10.6. The van der Waals surface area contributed by atoms with Gasteiger partial charge in [0.2, 0.25) is 0 Å². The number of carbonyl (C=O) groups is 1. The number of rotatable bonds is 6. The lowest BCUT2D eigenvalue weighted by Gasteiger charge is -2.11. The first-order chi connectivity index (χ1) is 17.9. The number of nitro groups is 1. The number of thioether (sulfide) groups is 1. The van der Waals surface area contributed by atoms with E-state index in [0.29, 0.717) is 33.7 Å². The van der Waals surface area contributed by atoms with E-state index in [1.807, 2.05) is 36.4 Å². The Bertz CT molecular complexity index is 1610. The van der Waals surface area contributed by atoms with Crippen LogP contribution in [-0.4, -0.2) is 16.0 Å². The number of nitrogens with one attached hydrogen (secondary N) is 1. The number of nitro benzene ring substituents is 1. The first kappa shape index (κ1) is 24.7. The number of aliphatic imine (C=N–C) groups is 1. The maximum atomic E-state index is 12.5. The number of carbonyl (C=O) groups excluding carboxylic acids is 1. The second-order valence-corrected chi connectivity index (χ2v) is 10.2. The standard InChI is InChI=1S/C28H20BrN3O4S/c1-17-13-21(32(34)35)10-11-24(17)30-28-31-27(33)26(37-28)15-18-9-12-25(23(29)14-18)36-16-20-7-4-6-19-5-2-3-8-22(19)20/h2-15H,16H2,1H3,(H,30,31,33)/b26-15+. The average molecular weight is 574 g/mol. The van der Waals surface area contributed by atoms with Gasteiger partial charge in [-0.2, -0.15) is 0 Å². The topological polar surface area (TPSA) is 93.8 Å². The molecule has 0 aliphatic carbocycles. The van der Waals surface area contributed by atoms with Crippen molar-refractivity contribution in [2.45, 2.75) is 13.5 Å². The quantitative estimate of drug-likeness (QED) is 0.148. The van der Waals surface area contributed by atoms with E-state index in [-0.39, 0.29) is 11.6 Å². The van der Waals surface area contributed by atoms with Gasteiger partial charge in [-0.3, -0.25) is 14.9 Å². The number of ether oxygens (including phenoxy) is 1. The maximum absolute atomic E-state index is 12.5. The van der Waals surface area contributed by atoms with Crippen LogP contribution in [-0.2, 0) is 11.4 Å². The van der Waals surface area contributed by atoms with Crippen molar-refractivity contribution < 1.29 is 14.5 Å². The highest BCUT2D eigenvalue weighted by molar-refractivity contribution is 9.10. The van der Waals surface area contributed by atoms with Gasteiger partial charge >= 0.3 is 0 Å². The fourth-order valence-corrected chi connectivity index (χ4v) is 5.26. The third-order valence-electron chi connectivity index (χ3n) is 5.78. The Hall–Kier alpha value is -3.95. The summed E-state index contributed by atoms with van der Waals surface area (Å²) in [6.45, 7) is 2.17. The molecule has 7 nitrogen and oxygen atoms in total. The number of benzene rings is 4. The number of aryl methyl sites for hydroxylation is 1. The summed E-state index contributed by atoms with van der Waals surface area (Å²) >= 11 is 4.80. The van der Waals surface area contributed by atoms with Crippen LogP contribution < -0.4 is 10.1 Å². The number of fused-ring (bicyclic) bond motifs is 1. The molecule has 1 N–H and O–H groups in total. The molecule has 5 rings (SSSR count). The number of non-ortho nitro benzene ring substituents is 1. The summed E-state index contributed by atoms with van der Waals surface area (Å²) in [5.74, 6) is 0.449. The fraction of sp³-hybridized carbons (Fsp3) is 0.0714. The molecule has 0 aromatic heterocycles. The molecule has 1 aliphatic rings. The monoisotopic (exact) mass is 573 g/mol. The molecule has 0 radical (unpaired) electrons. The van der Waals surface area contributed by atoms with Crippen LogP contribution in [0.3, 0.4) is 0 Å². The number of hydrogen-bond acceptors (Lipinski definition) is 6. The van der Waals surface area contributed by atoms with Gasteiger partial charge in [-0.15, -0.1) is 0 Å². The van der Waals surface area contributed by atoms with E-state index >= 15 is 0 Å². The molecule has 184 valence electrons. The van der Waals surface area contributed by atoms with Crippen molar-refractivity contribution in [3.63, 3.8) is 0 Å². The van der Waals surface area contributed by atoms with E-state index in [1.165, 1.54) is 29.3 Å². The van der Waals surface area contributed by atoms with Crippen molar-refractivity contribution in [2.75, 3.05) is 0 Å². The van der Waals surface area contributed by atoms with Gasteiger partial charge in [0.05, 0.1) is 20.0 Å². The summed E-state index contributed by atoms with van der Waals surface area (Å²) in [5, 5.41) is 16.5. The minimum absolute atomic E-state index is 0.000249. The minimum Gasteiger partial charge on any atom is -0.488 e. The molecule has 1 fully saturated rings. The largest absolute Gasteiger partial charge is 0.488 e. The number of hydrogen-bond donors (Lipinski definition) is 1. The predicted molar refractivity (Wildman–Crippen MR) is 151 cm³/mol. The van der Waals surface area contributed by atoms with E-state index in [0.717, 1.165) is 21.0 Å². The molecule has 0 bridgehead atoms. The van der Waals surface area contributed by atoms with Gasteiger partial charge < -0.3 is 10.1 Å². The lowest BCUT2D eigenvalue weighted by molar-refractivity contribution is -0.384. The minimum atomic E-state index is -0.449. The molecule has 1 heterocycles.